The Hall–Kier alpha value is -3.26. The number of esters is 1. The van der Waals surface area contributed by atoms with Crippen LogP contribution in [0.5, 0.6) is 0 Å². The summed E-state index contributed by atoms with van der Waals surface area (Å²) in [7, 11) is 0. The first-order valence-corrected chi connectivity index (χ1v) is 8.60. The van der Waals surface area contributed by atoms with E-state index >= 15 is 0 Å². The van der Waals surface area contributed by atoms with E-state index < -0.39 is 29.4 Å². The molecule has 0 spiro atoms. The van der Waals surface area contributed by atoms with E-state index in [1.165, 1.54) is 6.92 Å². The number of halogens is 1. The Labute approximate surface area is 165 Å². The minimum absolute atomic E-state index is 0.104. The van der Waals surface area contributed by atoms with E-state index in [9.17, 15) is 24.5 Å². The predicted molar refractivity (Wildman–Crippen MR) is 101 cm³/mol. The summed E-state index contributed by atoms with van der Waals surface area (Å²) in [5, 5.41) is 13.0. The molecule has 0 saturated heterocycles. The predicted octanol–water partition coefficient (Wildman–Crippen LogP) is 2.72. The fraction of sp³-hybridized carbons (Fsp3) is 0.211. The van der Waals surface area contributed by atoms with Crippen molar-refractivity contribution in [2.75, 3.05) is 6.61 Å². The lowest BCUT2D eigenvalue weighted by Crippen LogP contribution is -2.43. The van der Waals surface area contributed by atoms with Crippen molar-refractivity contribution in [3.05, 3.63) is 74.8 Å². The molecule has 0 aliphatic heterocycles. The minimum Gasteiger partial charge on any atom is -0.452 e. The second-order valence-corrected chi connectivity index (χ2v) is 6.33. The molecule has 1 atom stereocenters. The Morgan fingerprint density at radius 3 is 2.43 bits per heavy atom. The van der Waals surface area contributed by atoms with E-state index in [1.807, 2.05) is 30.3 Å². The average molecular weight is 405 g/mol. The molecule has 0 radical (unpaired) electrons. The minimum atomic E-state index is -0.905. The van der Waals surface area contributed by atoms with Crippen LogP contribution in [0.3, 0.4) is 0 Å². The lowest BCUT2D eigenvalue weighted by atomic mass is 10.0. The number of ketones is 1. The molecular weight excluding hydrogens is 388 g/mol. The van der Waals surface area contributed by atoms with Crippen molar-refractivity contribution in [1.82, 2.24) is 5.32 Å². The molecular formula is C19H17ClN2O6. The summed E-state index contributed by atoms with van der Waals surface area (Å²) in [6.45, 7) is 0.737. The van der Waals surface area contributed by atoms with Gasteiger partial charge in [-0.15, -0.1) is 0 Å². The topological polar surface area (TPSA) is 116 Å². The number of rotatable bonds is 8. The Kier molecular flexibility index (Phi) is 7.22. The normalized spacial score (nSPS) is 11.4. The molecule has 0 aliphatic carbocycles. The Balaban J connectivity index is 1.94. The zero-order valence-electron chi connectivity index (χ0n) is 14.9. The first kappa shape index (κ1) is 21.0. The lowest BCUT2D eigenvalue weighted by molar-refractivity contribution is -0.384. The van der Waals surface area contributed by atoms with Gasteiger partial charge in [-0.1, -0.05) is 41.9 Å². The summed E-state index contributed by atoms with van der Waals surface area (Å²) in [5.41, 5.74) is 0.495. The van der Waals surface area contributed by atoms with E-state index in [0.29, 0.717) is 6.42 Å². The molecule has 1 amide bonds. The highest BCUT2D eigenvalue weighted by atomic mass is 35.5. The van der Waals surface area contributed by atoms with E-state index in [0.717, 1.165) is 23.8 Å². The number of non-ortho nitro benzene ring substituents is 1. The Bertz CT molecular complexity index is 901. The number of nitrogens with zero attached hydrogens (tertiary/aromatic N) is 1. The highest BCUT2D eigenvalue weighted by molar-refractivity contribution is 6.33. The maximum Gasteiger partial charge on any atom is 0.340 e. The molecule has 0 aliphatic rings. The fourth-order valence-corrected chi connectivity index (χ4v) is 2.63. The summed E-state index contributed by atoms with van der Waals surface area (Å²) in [6.07, 6.45) is 0.310. The van der Waals surface area contributed by atoms with Crippen LogP contribution in [0, 0.1) is 10.1 Å². The van der Waals surface area contributed by atoms with Gasteiger partial charge in [0, 0.05) is 12.1 Å². The molecule has 28 heavy (non-hydrogen) atoms. The van der Waals surface area contributed by atoms with E-state index in [2.05, 4.69) is 5.32 Å². The van der Waals surface area contributed by atoms with Crippen LogP contribution in [0.15, 0.2) is 48.5 Å². The third kappa shape index (κ3) is 5.88. The van der Waals surface area contributed by atoms with E-state index in [1.54, 1.807) is 0 Å². The van der Waals surface area contributed by atoms with E-state index in [-0.39, 0.29) is 22.1 Å². The first-order chi connectivity index (χ1) is 13.3. The molecule has 2 aromatic rings. The molecule has 0 fully saturated rings. The molecule has 8 nitrogen and oxygen atoms in total. The number of ether oxygens (including phenoxy) is 1. The molecule has 0 heterocycles. The second kappa shape index (κ2) is 9.61. The van der Waals surface area contributed by atoms with Gasteiger partial charge in [0.1, 0.15) is 0 Å². The first-order valence-electron chi connectivity index (χ1n) is 8.22. The van der Waals surface area contributed by atoms with Gasteiger partial charge >= 0.3 is 5.97 Å². The molecule has 0 bridgehead atoms. The number of hydrogen-bond acceptors (Lipinski definition) is 6. The van der Waals surface area contributed by atoms with Crippen molar-refractivity contribution in [2.45, 2.75) is 19.4 Å². The largest absolute Gasteiger partial charge is 0.452 e. The fourth-order valence-electron chi connectivity index (χ4n) is 2.37. The number of nitro groups is 1. The summed E-state index contributed by atoms with van der Waals surface area (Å²) >= 11 is 5.85. The lowest BCUT2D eigenvalue weighted by Gasteiger charge is -2.16. The van der Waals surface area contributed by atoms with Gasteiger partial charge in [0.05, 0.1) is 21.6 Å². The summed E-state index contributed by atoms with van der Waals surface area (Å²) in [4.78, 5) is 45.9. The van der Waals surface area contributed by atoms with Gasteiger partial charge < -0.3 is 10.1 Å². The van der Waals surface area contributed by atoms with Crippen LogP contribution in [0.1, 0.15) is 22.8 Å². The maximum absolute atomic E-state index is 12.0. The molecule has 0 saturated carbocycles. The van der Waals surface area contributed by atoms with E-state index in [4.69, 9.17) is 16.3 Å². The van der Waals surface area contributed by atoms with Crippen LogP contribution in [-0.2, 0) is 20.7 Å². The molecule has 1 N–H and O–H groups in total. The van der Waals surface area contributed by atoms with Crippen molar-refractivity contribution >= 4 is 34.9 Å². The number of Topliss-reactive ketones (excluding diaryl/α,β-unsaturated/α-hetero) is 1. The zero-order valence-corrected chi connectivity index (χ0v) is 15.6. The van der Waals surface area contributed by atoms with Crippen LogP contribution in [-0.4, -0.2) is 35.2 Å². The number of hydrogen-bond donors (Lipinski definition) is 1. The quantitative estimate of drug-likeness (QED) is 0.411. The van der Waals surface area contributed by atoms with Gasteiger partial charge in [0.25, 0.3) is 11.6 Å². The van der Waals surface area contributed by atoms with Crippen molar-refractivity contribution in [3.8, 4) is 0 Å². The maximum atomic E-state index is 12.0. The summed E-state index contributed by atoms with van der Waals surface area (Å²) < 4.78 is 4.89. The third-order valence-corrected chi connectivity index (χ3v) is 4.14. The van der Waals surface area contributed by atoms with Crippen LogP contribution < -0.4 is 5.32 Å². The standard InChI is InChI=1S/C19H17ClN2O6/c1-12(23)17(9-13-5-3-2-4-6-13)21-18(24)11-28-19(25)15-8-7-14(22(26)27)10-16(15)20/h2-8,10,17H,9,11H2,1H3,(H,21,24)/t17-/m1/s1. The molecule has 0 aromatic heterocycles. The van der Waals surface area contributed by atoms with Crippen LogP contribution in [0.4, 0.5) is 5.69 Å². The van der Waals surface area contributed by atoms with Crippen LogP contribution >= 0.6 is 11.6 Å². The van der Waals surface area contributed by atoms with Crippen molar-refractivity contribution in [2.24, 2.45) is 0 Å². The SMILES string of the molecule is CC(=O)[C@@H](Cc1ccccc1)NC(=O)COC(=O)c1ccc([N+](=O)[O-])cc1Cl. The third-order valence-electron chi connectivity index (χ3n) is 3.83. The molecule has 146 valence electrons. The monoisotopic (exact) mass is 404 g/mol. The number of carbonyl (C=O) groups is 3. The number of amides is 1. The molecule has 2 rings (SSSR count). The van der Waals surface area contributed by atoms with Gasteiger partial charge in [-0.2, -0.15) is 0 Å². The number of carbonyl (C=O) groups excluding carboxylic acids is 3. The van der Waals surface area contributed by atoms with Crippen LogP contribution in [0.25, 0.3) is 0 Å². The zero-order chi connectivity index (χ0) is 20.7. The van der Waals surface area contributed by atoms with Crippen molar-refractivity contribution in [1.29, 1.82) is 0 Å². The molecule has 9 heteroatoms. The molecule has 2 aromatic carbocycles. The van der Waals surface area contributed by atoms with Crippen molar-refractivity contribution < 1.29 is 24.0 Å². The van der Waals surface area contributed by atoms with Gasteiger partial charge in [0.2, 0.25) is 0 Å². The van der Waals surface area contributed by atoms with Gasteiger partial charge in [0.15, 0.2) is 12.4 Å². The second-order valence-electron chi connectivity index (χ2n) is 5.92. The number of nitrogens with one attached hydrogen (secondary N) is 1. The van der Waals surface area contributed by atoms with Gasteiger partial charge in [-0.25, -0.2) is 4.79 Å². The molecule has 0 unspecified atom stereocenters. The highest BCUT2D eigenvalue weighted by Crippen LogP contribution is 2.23. The Morgan fingerprint density at radius 2 is 1.86 bits per heavy atom. The summed E-state index contributed by atoms with van der Waals surface area (Å²) in [6, 6.07) is 11.7. The highest BCUT2D eigenvalue weighted by Gasteiger charge is 2.20. The van der Waals surface area contributed by atoms with Gasteiger partial charge in [-0.05, 0) is 25.0 Å². The summed E-state index contributed by atoms with van der Waals surface area (Å²) in [5.74, 6) is -1.79. The average Bonchev–Trinajstić information content (AvgIpc) is 2.66. The van der Waals surface area contributed by atoms with Gasteiger partial charge in [-0.3, -0.25) is 19.7 Å². The smallest absolute Gasteiger partial charge is 0.340 e. The van der Waals surface area contributed by atoms with Crippen LogP contribution in [0.2, 0.25) is 5.02 Å². The number of nitro benzene ring substituents is 1. The Morgan fingerprint density at radius 1 is 1.18 bits per heavy atom. The number of benzene rings is 2. The van der Waals surface area contributed by atoms with Crippen molar-refractivity contribution in [3.63, 3.8) is 0 Å².